The number of aryl methyl sites for hydroxylation is 1. The van der Waals surface area contributed by atoms with Crippen molar-refractivity contribution in [3.63, 3.8) is 0 Å². The minimum absolute atomic E-state index is 0.0500. The van der Waals surface area contributed by atoms with E-state index >= 15 is 0 Å². The predicted molar refractivity (Wildman–Crippen MR) is 83.7 cm³/mol. The summed E-state index contributed by atoms with van der Waals surface area (Å²) in [5.41, 5.74) is 1.30. The number of rotatable bonds is 3. The van der Waals surface area contributed by atoms with Crippen molar-refractivity contribution >= 4 is 23.6 Å². The molecule has 3 rings (SSSR count). The molecule has 0 aromatic heterocycles. The first-order valence-corrected chi connectivity index (χ1v) is 8.38. The van der Waals surface area contributed by atoms with Crippen LogP contribution in [0.15, 0.2) is 18.2 Å². The summed E-state index contributed by atoms with van der Waals surface area (Å²) in [7, 11) is 0. The fourth-order valence-corrected chi connectivity index (χ4v) is 4.50. The molecule has 0 aliphatic carbocycles. The van der Waals surface area contributed by atoms with Crippen LogP contribution in [-0.2, 0) is 16.1 Å². The molecule has 2 aliphatic heterocycles. The molecule has 118 valence electrons. The average Bonchev–Trinajstić information content (AvgIpc) is 2.97. The highest BCUT2D eigenvalue weighted by atomic mass is 32.2. The number of amides is 2. The highest BCUT2D eigenvalue weighted by Gasteiger charge is 2.52. The van der Waals surface area contributed by atoms with Crippen LogP contribution >= 0.6 is 11.8 Å². The van der Waals surface area contributed by atoms with Crippen molar-refractivity contribution in [3.8, 4) is 0 Å². The Morgan fingerprint density at radius 2 is 2.32 bits per heavy atom. The first-order chi connectivity index (χ1) is 10.4. The Hall–Kier alpha value is -1.56. The first kappa shape index (κ1) is 15.3. The zero-order valence-electron chi connectivity index (χ0n) is 12.7. The van der Waals surface area contributed by atoms with E-state index in [2.05, 4.69) is 5.32 Å². The molecule has 2 amide bonds. The van der Waals surface area contributed by atoms with Gasteiger partial charge in [0.25, 0.3) is 0 Å². The number of hydrogen-bond acceptors (Lipinski definition) is 3. The number of carbonyl (C=O) groups excluding carboxylic acids is 2. The fraction of sp³-hybridized carbons (Fsp3) is 0.500. The van der Waals surface area contributed by atoms with Crippen LogP contribution in [0.4, 0.5) is 4.39 Å². The molecule has 1 aromatic carbocycles. The third-order valence-corrected chi connectivity index (χ3v) is 5.96. The van der Waals surface area contributed by atoms with Crippen LogP contribution in [0.5, 0.6) is 0 Å². The van der Waals surface area contributed by atoms with Crippen molar-refractivity contribution in [1.29, 1.82) is 0 Å². The zero-order chi connectivity index (χ0) is 15.9. The van der Waals surface area contributed by atoms with Crippen molar-refractivity contribution in [1.82, 2.24) is 10.2 Å². The molecule has 0 radical (unpaired) electrons. The Balaban J connectivity index is 1.65. The van der Waals surface area contributed by atoms with Crippen LogP contribution in [0, 0.1) is 12.7 Å². The highest BCUT2D eigenvalue weighted by molar-refractivity contribution is 8.01. The largest absolute Gasteiger partial charge is 0.350 e. The lowest BCUT2D eigenvalue weighted by Crippen LogP contribution is -2.49. The van der Waals surface area contributed by atoms with Crippen molar-refractivity contribution in [3.05, 3.63) is 35.1 Å². The van der Waals surface area contributed by atoms with Gasteiger partial charge >= 0.3 is 0 Å². The third-order valence-electron chi connectivity index (χ3n) is 4.45. The molecule has 2 fully saturated rings. The van der Waals surface area contributed by atoms with E-state index in [0.29, 0.717) is 17.7 Å². The zero-order valence-corrected chi connectivity index (χ0v) is 13.5. The SMILES string of the molecule is Cc1ccc(CNC(=O)C2CSC3(C)CCC(=O)N23)cc1F. The van der Waals surface area contributed by atoms with Crippen LogP contribution in [0.25, 0.3) is 0 Å². The van der Waals surface area contributed by atoms with E-state index in [4.69, 9.17) is 0 Å². The highest BCUT2D eigenvalue weighted by Crippen LogP contribution is 2.47. The molecule has 1 N–H and O–H groups in total. The summed E-state index contributed by atoms with van der Waals surface area (Å²) in [6, 6.07) is 4.51. The fourth-order valence-electron chi connectivity index (χ4n) is 3.07. The second-order valence-corrected chi connectivity index (χ2v) is 7.57. The molecule has 6 heteroatoms. The first-order valence-electron chi connectivity index (χ1n) is 7.39. The number of halogens is 1. The molecule has 0 spiro atoms. The van der Waals surface area contributed by atoms with Gasteiger partial charge in [0.05, 0.1) is 4.87 Å². The second-order valence-electron chi connectivity index (χ2n) is 6.07. The van der Waals surface area contributed by atoms with E-state index in [1.807, 2.05) is 6.92 Å². The van der Waals surface area contributed by atoms with Gasteiger partial charge in [-0.1, -0.05) is 12.1 Å². The van der Waals surface area contributed by atoms with Gasteiger partial charge in [-0.2, -0.15) is 0 Å². The van der Waals surface area contributed by atoms with Crippen molar-refractivity contribution in [2.75, 3.05) is 5.75 Å². The van der Waals surface area contributed by atoms with Crippen LogP contribution < -0.4 is 5.32 Å². The van der Waals surface area contributed by atoms with E-state index < -0.39 is 6.04 Å². The summed E-state index contributed by atoms with van der Waals surface area (Å²) in [6.07, 6.45) is 1.31. The molecule has 0 saturated carbocycles. The Morgan fingerprint density at radius 3 is 3.05 bits per heavy atom. The maximum Gasteiger partial charge on any atom is 0.243 e. The number of carbonyl (C=O) groups is 2. The summed E-state index contributed by atoms with van der Waals surface area (Å²) < 4.78 is 13.5. The van der Waals surface area contributed by atoms with Gasteiger partial charge in [0.15, 0.2) is 0 Å². The van der Waals surface area contributed by atoms with Gasteiger partial charge in [0.2, 0.25) is 11.8 Å². The minimum Gasteiger partial charge on any atom is -0.350 e. The molecule has 2 atom stereocenters. The van der Waals surface area contributed by atoms with Gasteiger partial charge in [-0.15, -0.1) is 11.8 Å². The Bertz CT molecular complexity index is 637. The molecule has 2 heterocycles. The Labute approximate surface area is 133 Å². The molecule has 2 unspecified atom stereocenters. The molecule has 2 aliphatic rings. The number of fused-ring (bicyclic) bond motifs is 1. The minimum atomic E-state index is -0.416. The molecular formula is C16H19FN2O2S. The smallest absolute Gasteiger partial charge is 0.243 e. The lowest BCUT2D eigenvalue weighted by atomic mass is 10.1. The summed E-state index contributed by atoms with van der Waals surface area (Å²) >= 11 is 1.67. The number of nitrogens with zero attached hydrogens (tertiary/aromatic N) is 1. The average molecular weight is 322 g/mol. The number of thioether (sulfide) groups is 1. The Kier molecular flexibility index (Phi) is 3.89. The number of hydrogen-bond donors (Lipinski definition) is 1. The molecule has 22 heavy (non-hydrogen) atoms. The van der Waals surface area contributed by atoms with Crippen molar-refractivity contribution in [2.24, 2.45) is 0 Å². The van der Waals surface area contributed by atoms with Gasteiger partial charge in [-0.25, -0.2) is 4.39 Å². The van der Waals surface area contributed by atoms with Crippen LogP contribution in [0.2, 0.25) is 0 Å². The van der Waals surface area contributed by atoms with Gasteiger partial charge in [-0.3, -0.25) is 9.59 Å². The van der Waals surface area contributed by atoms with Gasteiger partial charge in [0.1, 0.15) is 11.9 Å². The second kappa shape index (κ2) is 5.57. The van der Waals surface area contributed by atoms with Gasteiger partial charge in [0, 0.05) is 18.7 Å². The van der Waals surface area contributed by atoms with Crippen molar-refractivity contribution in [2.45, 2.75) is 44.1 Å². The van der Waals surface area contributed by atoms with Crippen LogP contribution in [-0.4, -0.2) is 33.4 Å². The number of benzene rings is 1. The maximum absolute atomic E-state index is 13.5. The van der Waals surface area contributed by atoms with E-state index in [0.717, 1.165) is 12.0 Å². The molecule has 2 saturated heterocycles. The maximum atomic E-state index is 13.5. The van der Waals surface area contributed by atoms with Gasteiger partial charge in [-0.05, 0) is 37.5 Å². The van der Waals surface area contributed by atoms with Crippen LogP contribution in [0.1, 0.15) is 30.9 Å². The monoisotopic (exact) mass is 322 g/mol. The standard InChI is InChI=1S/C16H19FN2O2S/c1-10-3-4-11(7-12(10)17)8-18-15(21)13-9-22-16(2)6-5-14(20)19(13)16/h3-4,7,13H,5-6,8-9H2,1-2H3,(H,18,21). The van der Waals surface area contributed by atoms with E-state index in [9.17, 15) is 14.0 Å². The Morgan fingerprint density at radius 1 is 1.55 bits per heavy atom. The quantitative estimate of drug-likeness (QED) is 0.928. The third kappa shape index (κ3) is 2.60. The summed E-state index contributed by atoms with van der Waals surface area (Å²) in [5.74, 6) is 0.239. The molecule has 1 aromatic rings. The number of nitrogens with one attached hydrogen (secondary N) is 1. The summed E-state index contributed by atoms with van der Waals surface area (Å²) in [5, 5.41) is 2.83. The van der Waals surface area contributed by atoms with Gasteiger partial charge < -0.3 is 10.2 Å². The predicted octanol–water partition coefficient (Wildman–Crippen LogP) is 2.20. The topological polar surface area (TPSA) is 49.4 Å². The van der Waals surface area contributed by atoms with Crippen molar-refractivity contribution < 1.29 is 14.0 Å². The summed E-state index contributed by atoms with van der Waals surface area (Å²) in [6.45, 7) is 3.99. The summed E-state index contributed by atoms with van der Waals surface area (Å²) in [4.78, 5) is 25.9. The lowest BCUT2D eigenvalue weighted by molar-refractivity contribution is -0.138. The molecule has 4 nitrogen and oxygen atoms in total. The molecular weight excluding hydrogens is 303 g/mol. The normalized spacial score (nSPS) is 27.1. The molecule has 0 bridgehead atoms. The van der Waals surface area contributed by atoms with E-state index in [1.165, 1.54) is 6.07 Å². The van der Waals surface area contributed by atoms with E-state index in [-0.39, 0.29) is 29.0 Å². The lowest BCUT2D eigenvalue weighted by Gasteiger charge is -2.29. The van der Waals surface area contributed by atoms with Crippen LogP contribution in [0.3, 0.4) is 0 Å². The van der Waals surface area contributed by atoms with E-state index in [1.54, 1.807) is 35.7 Å².